The summed E-state index contributed by atoms with van der Waals surface area (Å²) in [5, 5.41) is 0. The number of rotatable bonds is 6. The average Bonchev–Trinajstić information content (AvgIpc) is 3.08. The first kappa shape index (κ1) is 22.9. The zero-order valence-electron chi connectivity index (χ0n) is 19.7. The Kier molecular flexibility index (Phi) is 7.02. The van der Waals surface area contributed by atoms with E-state index in [-0.39, 0.29) is 17.9 Å². The minimum Gasteiger partial charge on any atom is -0.493 e. The van der Waals surface area contributed by atoms with Gasteiger partial charge in [0.25, 0.3) is 11.8 Å². The summed E-state index contributed by atoms with van der Waals surface area (Å²) in [5.41, 5.74) is 2.32. The van der Waals surface area contributed by atoms with Gasteiger partial charge >= 0.3 is 0 Å². The second-order valence-electron chi connectivity index (χ2n) is 8.67. The van der Waals surface area contributed by atoms with E-state index >= 15 is 0 Å². The first-order valence-corrected chi connectivity index (χ1v) is 11.7. The molecule has 2 aliphatic rings. The van der Waals surface area contributed by atoms with E-state index in [0.29, 0.717) is 28.3 Å². The van der Waals surface area contributed by atoms with Crippen LogP contribution in [-0.4, -0.2) is 44.0 Å². The van der Waals surface area contributed by atoms with Crippen molar-refractivity contribution >= 4 is 23.1 Å². The number of hydrogen-bond acceptors (Lipinski definition) is 5. The second-order valence-corrected chi connectivity index (χ2v) is 8.67. The molecule has 0 unspecified atom stereocenters. The third-order valence-electron chi connectivity index (χ3n) is 6.68. The van der Waals surface area contributed by atoms with Gasteiger partial charge in [0.05, 0.1) is 19.8 Å². The van der Waals surface area contributed by atoms with Crippen LogP contribution in [0.15, 0.2) is 54.2 Å². The van der Waals surface area contributed by atoms with Crippen LogP contribution in [0.5, 0.6) is 11.5 Å². The predicted molar refractivity (Wildman–Crippen MR) is 129 cm³/mol. The van der Waals surface area contributed by atoms with Gasteiger partial charge in [-0.1, -0.05) is 56.4 Å². The van der Waals surface area contributed by atoms with E-state index < -0.39 is 0 Å². The maximum Gasteiger partial charge on any atom is 0.278 e. The standard InChI is InChI=1S/C27H32N2O4/c1-28(20-12-10-7-11-13-20)25-24(19-16-17-22(32-2)23(18-19)33-3)26(30)29(27(25)31)21-14-8-5-4-6-9-15-21/h7,10-13,16-18,21H,4-6,8-9,14-15H2,1-3H3. The molecular weight excluding hydrogens is 416 g/mol. The van der Waals surface area contributed by atoms with Gasteiger partial charge in [-0.3, -0.25) is 14.5 Å². The first-order valence-electron chi connectivity index (χ1n) is 11.7. The Hall–Kier alpha value is -3.28. The zero-order chi connectivity index (χ0) is 23.4. The van der Waals surface area contributed by atoms with Crippen molar-refractivity contribution in [2.45, 2.75) is 51.0 Å². The molecule has 33 heavy (non-hydrogen) atoms. The third-order valence-corrected chi connectivity index (χ3v) is 6.68. The Morgan fingerprint density at radius 1 is 0.818 bits per heavy atom. The largest absolute Gasteiger partial charge is 0.493 e. The number of carbonyl (C=O) groups is 2. The number of benzene rings is 2. The number of imide groups is 1. The van der Waals surface area contributed by atoms with Gasteiger partial charge in [-0.05, 0) is 42.7 Å². The summed E-state index contributed by atoms with van der Waals surface area (Å²) in [7, 11) is 4.99. The topological polar surface area (TPSA) is 59.1 Å². The lowest BCUT2D eigenvalue weighted by Gasteiger charge is -2.29. The fourth-order valence-corrected chi connectivity index (χ4v) is 4.90. The van der Waals surface area contributed by atoms with E-state index in [4.69, 9.17) is 9.47 Å². The van der Waals surface area contributed by atoms with E-state index in [0.717, 1.165) is 44.2 Å². The normalized spacial score (nSPS) is 17.7. The molecule has 1 aliphatic heterocycles. The molecule has 1 saturated carbocycles. The third kappa shape index (κ3) is 4.47. The molecule has 0 N–H and O–H groups in total. The molecule has 1 aliphatic carbocycles. The molecule has 0 radical (unpaired) electrons. The summed E-state index contributed by atoms with van der Waals surface area (Å²) in [5.74, 6) is 0.652. The number of nitrogens with zero attached hydrogens (tertiary/aromatic N) is 2. The SMILES string of the molecule is COc1ccc(C2=C(N(C)c3ccccc3)C(=O)N(C3CCCCCCC3)C2=O)cc1OC. The van der Waals surface area contributed by atoms with Crippen LogP contribution < -0.4 is 14.4 Å². The van der Waals surface area contributed by atoms with Crippen LogP contribution in [0.1, 0.15) is 50.5 Å². The van der Waals surface area contributed by atoms with E-state index in [2.05, 4.69) is 0 Å². The minimum atomic E-state index is -0.226. The van der Waals surface area contributed by atoms with Crippen LogP contribution in [0.25, 0.3) is 5.57 Å². The Balaban J connectivity index is 1.81. The van der Waals surface area contributed by atoms with Gasteiger partial charge in [0.15, 0.2) is 11.5 Å². The molecule has 6 heteroatoms. The molecule has 174 valence electrons. The number of carbonyl (C=O) groups excluding carboxylic acids is 2. The molecule has 0 spiro atoms. The van der Waals surface area contributed by atoms with E-state index in [1.807, 2.05) is 48.3 Å². The smallest absolute Gasteiger partial charge is 0.278 e. The number of likely N-dealkylation sites (N-methyl/N-ethyl adjacent to an activating group) is 1. The van der Waals surface area contributed by atoms with Crippen LogP contribution in [0.3, 0.4) is 0 Å². The summed E-state index contributed by atoms with van der Waals surface area (Å²) in [6, 6.07) is 15.0. The molecule has 2 amide bonds. The molecule has 2 aromatic rings. The van der Waals surface area contributed by atoms with Crippen LogP contribution in [-0.2, 0) is 9.59 Å². The number of amides is 2. The Bertz CT molecular complexity index is 1040. The fraction of sp³-hybridized carbons (Fsp3) is 0.407. The molecule has 0 saturated heterocycles. The van der Waals surface area contributed by atoms with Crippen molar-refractivity contribution in [3.63, 3.8) is 0 Å². The van der Waals surface area contributed by atoms with Gasteiger partial charge in [0.1, 0.15) is 5.70 Å². The second kappa shape index (κ2) is 10.1. The maximum atomic E-state index is 13.9. The number of hydrogen-bond donors (Lipinski definition) is 0. The van der Waals surface area contributed by atoms with Gasteiger partial charge in [-0.25, -0.2) is 0 Å². The monoisotopic (exact) mass is 448 g/mol. The van der Waals surface area contributed by atoms with Gasteiger partial charge in [0.2, 0.25) is 0 Å². The van der Waals surface area contributed by atoms with E-state index in [1.54, 1.807) is 26.4 Å². The molecule has 6 nitrogen and oxygen atoms in total. The Labute approximate surface area is 195 Å². The quantitative estimate of drug-likeness (QED) is 0.580. The van der Waals surface area contributed by atoms with Crippen molar-refractivity contribution in [2.75, 3.05) is 26.2 Å². The summed E-state index contributed by atoms with van der Waals surface area (Å²) >= 11 is 0. The summed E-state index contributed by atoms with van der Waals surface area (Å²) < 4.78 is 10.9. The van der Waals surface area contributed by atoms with Crippen molar-refractivity contribution in [3.8, 4) is 11.5 Å². The minimum absolute atomic E-state index is 0.0675. The molecule has 0 bridgehead atoms. The van der Waals surface area contributed by atoms with E-state index in [9.17, 15) is 9.59 Å². The highest BCUT2D eigenvalue weighted by molar-refractivity contribution is 6.37. The van der Waals surface area contributed by atoms with Crippen LogP contribution in [0.2, 0.25) is 0 Å². The Morgan fingerprint density at radius 3 is 2.09 bits per heavy atom. The molecule has 4 rings (SSSR count). The van der Waals surface area contributed by atoms with Crippen molar-refractivity contribution in [1.82, 2.24) is 4.90 Å². The fourth-order valence-electron chi connectivity index (χ4n) is 4.90. The number of anilines is 1. The lowest BCUT2D eigenvalue weighted by atomic mass is 9.95. The van der Waals surface area contributed by atoms with Crippen molar-refractivity contribution in [1.29, 1.82) is 0 Å². The van der Waals surface area contributed by atoms with Crippen LogP contribution >= 0.6 is 0 Å². The molecular formula is C27H32N2O4. The summed E-state index contributed by atoms with van der Waals surface area (Å²) in [6.07, 6.45) is 7.33. The van der Waals surface area contributed by atoms with Crippen LogP contribution in [0.4, 0.5) is 5.69 Å². The predicted octanol–water partition coefficient (Wildman–Crippen LogP) is 5.03. The van der Waals surface area contributed by atoms with E-state index in [1.165, 1.54) is 11.3 Å². The highest BCUT2D eigenvalue weighted by Gasteiger charge is 2.44. The molecule has 0 aromatic heterocycles. The number of para-hydroxylation sites is 1. The van der Waals surface area contributed by atoms with Gasteiger partial charge in [-0.2, -0.15) is 0 Å². The van der Waals surface area contributed by atoms with Crippen molar-refractivity contribution in [3.05, 3.63) is 59.8 Å². The highest BCUT2D eigenvalue weighted by atomic mass is 16.5. The first-order chi connectivity index (χ1) is 16.1. The van der Waals surface area contributed by atoms with Crippen LogP contribution in [0, 0.1) is 0 Å². The lowest BCUT2D eigenvalue weighted by molar-refractivity contribution is -0.140. The highest BCUT2D eigenvalue weighted by Crippen LogP contribution is 2.39. The van der Waals surface area contributed by atoms with Gasteiger partial charge < -0.3 is 14.4 Å². The molecule has 1 fully saturated rings. The molecule has 0 atom stereocenters. The lowest BCUT2D eigenvalue weighted by Crippen LogP contribution is -2.42. The molecule has 2 aromatic carbocycles. The number of methoxy groups -OCH3 is 2. The van der Waals surface area contributed by atoms with Crippen molar-refractivity contribution in [2.24, 2.45) is 0 Å². The summed E-state index contributed by atoms with van der Waals surface area (Å²) in [4.78, 5) is 31.1. The number of ether oxygens (including phenoxy) is 2. The average molecular weight is 449 g/mol. The zero-order valence-corrected chi connectivity index (χ0v) is 19.7. The summed E-state index contributed by atoms with van der Waals surface area (Å²) in [6.45, 7) is 0. The van der Waals surface area contributed by atoms with Gasteiger partial charge in [0, 0.05) is 18.8 Å². The van der Waals surface area contributed by atoms with Gasteiger partial charge in [-0.15, -0.1) is 0 Å². The molecule has 1 heterocycles. The maximum absolute atomic E-state index is 13.9. The van der Waals surface area contributed by atoms with Crippen molar-refractivity contribution < 1.29 is 19.1 Å². The Morgan fingerprint density at radius 2 is 1.45 bits per heavy atom.